The smallest absolute Gasteiger partial charge is 0.416 e. The number of allylic oxidation sites excluding steroid dienone is 2. The molecule has 2 aliphatic heterocycles. The number of hydrazine groups is 1. The van der Waals surface area contributed by atoms with E-state index < -0.39 is 87.8 Å². The molecule has 18 heteroatoms. The third kappa shape index (κ3) is 6.33. The molecule has 0 bridgehead atoms. The molecule has 8 rings (SSSR count). The molecular formula is C42H31Cl2F6N3O7. The number of anilines is 2. The lowest BCUT2D eigenvalue weighted by molar-refractivity contribution is -0.143. The van der Waals surface area contributed by atoms with Crippen LogP contribution in [0, 0.1) is 23.7 Å². The Morgan fingerprint density at radius 1 is 0.767 bits per heavy atom. The van der Waals surface area contributed by atoms with Crippen LogP contribution in [0.15, 0.2) is 90.5 Å². The summed E-state index contributed by atoms with van der Waals surface area (Å²) in [5, 5.41) is 12.8. The van der Waals surface area contributed by atoms with Crippen LogP contribution in [-0.4, -0.2) is 48.0 Å². The zero-order chi connectivity index (χ0) is 43.2. The molecule has 2 saturated heterocycles. The molecule has 4 aromatic carbocycles. The van der Waals surface area contributed by atoms with Crippen LogP contribution in [0.2, 0.25) is 10.0 Å². The monoisotopic (exact) mass is 873 g/mol. The van der Waals surface area contributed by atoms with Crippen LogP contribution in [0.1, 0.15) is 41.0 Å². The maximum absolute atomic E-state index is 15.4. The molecule has 0 radical (unpaired) electrons. The number of alkyl halides is 6. The Kier molecular flexibility index (Phi) is 9.89. The van der Waals surface area contributed by atoms with Crippen molar-refractivity contribution >= 4 is 58.2 Å². The number of aromatic hydroxyl groups is 1. The first-order valence-electron chi connectivity index (χ1n) is 18.3. The first-order valence-corrected chi connectivity index (χ1v) is 19.1. The molecule has 0 spiro atoms. The highest BCUT2D eigenvalue weighted by Gasteiger charge is 2.71. The van der Waals surface area contributed by atoms with Gasteiger partial charge in [-0.1, -0.05) is 53.1 Å². The number of fused-ring (bicyclic) bond motifs is 4. The third-order valence-electron chi connectivity index (χ3n) is 12.0. The average molecular weight is 875 g/mol. The van der Waals surface area contributed by atoms with Gasteiger partial charge in [-0.3, -0.25) is 24.6 Å². The standard InChI is InChI=1S/C42H31Cl2F6N3O7/c1-59-24-6-3-19(4-7-24)40-30(37(56)53(39(40)58)51-32-12-5-22(43)16-31(32)44)18-29-26(35(40)27-9-8-25(60-2)17-33(27)54)10-11-28-34(29)38(57)52(36(28)55)23-14-20(41(45,46)47)13-21(15-23)42(48,49)50/h3-10,12-17,28-30,34-35,51,54H,11,18H2,1-2H3. The van der Waals surface area contributed by atoms with E-state index in [0.29, 0.717) is 33.9 Å². The summed E-state index contributed by atoms with van der Waals surface area (Å²) in [5.74, 6) is -9.76. The number of phenolic OH excluding ortho intramolecular Hbond substituents is 1. The van der Waals surface area contributed by atoms with Gasteiger partial charge in [0.25, 0.3) is 11.8 Å². The van der Waals surface area contributed by atoms with Gasteiger partial charge >= 0.3 is 12.4 Å². The van der Waals surface area contributed by atoms with Crippen molar-refractivity contribution < 1.29 is 60.1 Å². The summed E-state index contributed by atoms with van der Waals surface area (Å²) in [6.07, 6.45) is -9.43. The lowest BCUT2D eigenvalue weighted by Crippen LogP contribution is -2.53. The maximum atomic E-state index is 15.4. The summed E-state index contributed by atoms with van der Waals surface area (Å²) in [5.41, 5.74) is -2.52. The summed E-state index contributed by atoms with van der Waals surface area (Å²) >= 11 is 12.6. The number of carbonyl (C=O) groups excluding carboxylic acids is 4. The van der Waals surface area contributed by atoms with Gasteiger partial charge in [-0.2, -0.15) is 31.4 Å². The number of hydrogen-bond acceptors (Lipinski definition) is 8. The van der Waals surface area contributed by atoms with Crippen molar-refractivity contribution in [2.24, 2.45) is 23.7 Å². The number of nitrogens with zero attached hydrogens (tertiary/aromatic N) is 2. The van der Waals surface area contributed by atoms with Crippen LogP contribution < -0.4 is 19.8 Å². The first-order chi connectivity index (χ1) is 28.3. The fourth-order valence-corrected chi connectivity index (χ4v) is 9.86. The fourth-order valence-electron chi connectivity index (χ4n) is 9.40. The van der Waals surface area contributed by atoms with Gasteiger partial charge in [0.15, 0.2) is 0 Å². The SMILES string of the molecule is COc1ccc(C23C(=O)N(Nc4ccc(Cl)cc4Cl)C(=O)C2CC2C(=CCC4C(=O)N(c5cc(C(F)(F)F)cc(C(F)(F)F)c5)C(=O)C42)C3c2ccc(OC)cc2O)cc1. The zero-order valence-electron chi connectivity index (χ0n) is 31.2. The van der Waals surface area contributed by atoms with Gasteiger partial charge in [0.1, 0.15) is 17.2 Å². The molecule has 10 nitrogen and oxygen atoms in total. The van der Waals surface area contributed by atoms with Crippen molar-refractivity contribution in [2.75, 3.05) is 24.5 Å². The van der Waals surface area contributed by atoms with Crippen LogP contribution in [-0.2, 0) is 36.9 Å². The normalized spacial score (nSPS) is 25.2. The van der Waals surface area contributed by atoms with E-state index in [4.69, 9.17) is 32.7 Å². The van der Waals surface area contributed by atoms with Crippen molar-refractivity contribution in [1.82, 2.24) is 5.01 Å². The number of carbonyl (C=O) groups is 4. The number of methoxy groups -OCH3 is 2. The van der Waals surface area contributed by atoms with E-state index in [-0.39, 0.29) is 51.7 Å². The highest BCUT2D eigenvalue weighted by Crippen LogP contribution is 2.65. The second-order valence-corrected chi connectivity index (χ2v) is 15.8. The lowest BCUT2D eigenvalue weighted by Gasteiger charge is -2.50. The molecule has 6 unspecified atom stereocenters. The van der Waals surface area contributed by atoms with E-state index >= 15 is 4.79 Å². The van der Waals surface area contributed by atoms with Crippen LogP contribution in [0.25, 0.3) is 0 Å². The summed E-state index contributed by atoms with van der Waals surface area (Å²) in [4.78, 5) is 59.4. The van der Waals surface area contributed by atoms with Gasteiger partial charge in [-0.15, -0.1) is 0 Å². The number of hydrogen-bond donors (Lipinski definition) is 2. The molecule has 2 heterocycles. The Balaban J connectivity index is 1.32. The summed E-state index contributed by atoms with van der Waals surface area (Å²) < 4.78 is 94.5. The topological polar surface area (TPSA) is 125 Å². The zero-order valence-corrected chi connectivity index (χ0v) is 32.7. The first kappa shape index (κ1) is 41.0. The maximum Gasteiger partial charge on any atom is 0.416 e. The second kappa shape index (κ2) is 14.5. The number of benzene rings is 4. The van der Waals surface area contributed by atoms with Crippen molar-refractivity contribution in [1.29, 1.82) is 0 Å². The molecule has 312 valence electrons. The molecule has 0 aromatic heterocycles. The molecule has 4 amide bonds. The third-order valence-corrected chi connectivity index (χ3v) is 12.5. The van der Waals surface area contributed by atoms with E-state index in [0.717, 1.165) is 5.01 Å². The van der Waals surface area contributed by atoms with Gasteiger partial charge in [0, 0.05) is 22.6 Å². The van der Waals surface area contributed by atoms with Crippen LogP contribution in [0.5, 0.6) is 17.2 Å². The quantitative estimate of drug-likeness (QED) is 0.107. The minimum atomic E-state index is -5.27. The Morgan fingerprint density at radius 2 is 1.40 bits per heavy atom. The van der Waals surface area contributed by atoms with E-state index in [2.05, 4.69) is 5.43 Å². The number of amides is 4. The minimum absolute atomic E-state index is 0.0541. The Hall–Kier alpha value is -5.74. The van der Waals surface area contributed by atoms with Gasteiger partial charge < -0.3 is 14.6 Å². The van der Waals surface area contributed by atoms with Gasteiger partial charge in [0.2, 0.25) is 11.8 Å². The summed E-state index contributed by atoms with van der Waals surface area (Å²) in [6, 6.07) is 15.5. The van der Waals surface area contributed by atoms with Gasteiger partial charge in [-0.05, 0) is 78.9 Å². The molecule has 3 fully saturated rings. The number of imide groups is 2. The minimum Gasteiger partial charge on any atom is -0.508 e. The number of rotatable bonds is 7. The molecule has 4 aliphatic rings. The number of nitrogens with one attached hydrogen (secondary N) is 1. The van der Waals surface area contributed by atoms with Gasteiger partial charge in [-0.25, -0.2) is 4.90 Å². The summed E-state index contributed by atoms with van der Waals surface area (Å²) in [7, 11) is 2.80. The average Bonchev–Trinajstić information content (AvgIpc) is 3.58. The predicted molar refractivity (Wildman–Crippen MR) is 204 cm³/mol. The van der Waals surface area contributed by atoms with Crippen molar-refractivity contribution in [2.45, 2.75) is 36.5 Å². The molecule has 4 aromatic rings. The predicted octanol–water partition coefficient (Wildman–Crippen LogP) is 8.94. The van der Waals surface area contributed by atoms with E-state index in [1.807, 2.05) is 0 Å². The van der Waals surface area contributed by atoms with Crippen molar-refractivity contribution in [3.63, 3.8) is 0 Å². The van der Waals surface area contributed by atoms with Crippen LogP contribution in [0.3, 0.4) is 0 Å². The highest BCUT2D eigenvalue weighted by molar-refractivity contribution is 6.36. The Bertz CT molecular complexity index is 2480. The lowest BCUT2D eigenvalue weighted by atomic mass is 9.49. The number of phenols is 1. The fraction of sp³-hybridized carbons (Fsp3) is 0.286. The van der Waals surface area contributed by atoms with E-state index in [9.17, 15) is 45.8 Å². The van der Waals surface area contributed by atoms with E-state index in [1.165, 1.54) is 50.6 Å². The van der Waals surface area contributed by atoms with Crippen LogP contribution >= 0.6 is 23.2 Å². The molecular weight excluding hydrogens is 843 g/mol. The van der Waals surface area contributed by atoms with Gasteiger partial charge in [0.05, 0.1) is 64.9 Å². The van der Waals surface area contributed by atoms with E-state index in [1.54, 1.807) is 30.3 Å². The Morgan fingerprint density at radius 3 is 1.98 bits per heavy atom. The highest BCUT2D eigenvalue weighted by atomic mass is 35.5. The Labute approximate surface area is 347 Å². The van der Waals surface area contributed by atoms with Crippen molar-refractivity contribution in [3.05, 3.63) is 123 Å². The van der Waals surface area contributed by atoms with Crippen LogP contribution in [0.4, 0.5) is 37.7 Å². The largest absolute Gasteiger partial charge is 0.508 e. The number of ether oxygens (including phenoxy) is 2. The molecule has 6 atom stereocenters. The molecule has 60 heavy (non-hydrogen) atoms. The molecule has 2 aliphatic carbocycles. The van der Waals surface area contributed by atoms with Crippen molar-refractivity contribution in [3.8, 4) is 17.2 Å². The number of halogens is 8. The summed E-state index contributed by atoms with van der Waals surface area (Å²) in [6.45, 7) is 0. The molecule has 2 N–H and O–H groups in total. The molecule has 1 saturated carbocycles. The second-order valence-electron chi connectivity index (χ2n) is 14.9.